The molecule has 0 aliphatic heterocycles. The van der Waals surface area contributed by atoms with Gasteiger partial charge in [0.05, 0.1) is 12.4 Å². The van der Waals surface area contributed by atoms with Crippen LogP contribution in [-0.4, -0.2) is 38.0 Å². The van der Waals surface area contributed by atoms with E-state index in [0.717, 1.165) is 51.7 Å². The lowest BCUT2D eigenvalue weighted by molar-refractivity contribution is -0.115. The first-order valence-corrected chi connectivity index (χ1v) is 11.1. The van der Waals surface area contributed by atoms with Gasteiger partial charge in [0.2, 0.25) is 5.91 Å². The van der Waals surface area contributed by atoms with E-state index >= 15 is 0 Å². The van der Waals surface area contributed by atoms with E-state index in [4.69, 9.17) is 4.74 Å². The second kappa shape index (κ2) is 8.11. The van der Waals surface area contributed by atoms with Crippen molar-refractivity contribution < 1.29 is 9.53 Å². The summed E-state index contributed by atoms with van der Waals surface area (Å²) in [5, 5.41) is 13.5. The highest BCUT2D eigenvalue weighted by molar-refractivity contribution is 8.00. The summed E-state index contributed by atoms with van der Waals surface area (Å²) >= 11 is 1.44. The van der Waals surface area contributed by atoms with Gasteiger partial charge in [-0.1, -0.05) is 30.0 Å². The number of nitrogens with zero attached hydrogens (tertiary/aromatic N) is 3. The van der Waals surface area contributed by atoms with Crippen LogP contribution >= 0.6 is 11.8 Å². The van der Waals surface area contributed by atoms with Crippen LogP contribution in [0.25, 0.3) is 22.3 Å². The van der Waals surface area contributed by atoms with Crippen LogP contribution in [0.15, 0.2) is 59.9 Å². The number of nitrogens with one attached hydrogen (secondary N) is 2. The fourth-order valence-corrected chi connectivity index (χ4v) is 4.51. The van der Waals surface area contributed by atoms with Crippen molar-refractivity contribution in [2.45, 2.75) is 36.2 Å². The third kappa shape index (κ3) is 3.90. The predicted molar refractivity (Wildman–Crippen MR) is 123 cm³/mol. The number of hydrogen-bond acceptors (Lipinski definition) is 5. The van der Waals surface area contributed by atoms with Gasteiger partial charge in [-0.3, -0.25) is 9.36 Å². The number of thioether (sulfide) groups is 1. The number of ether oxygens (including phenoxy) is 1. The summed E-state index contributed by atoms with van der Waals surface area (Å²) in [5.41, 5.74) is 2.85. The smallest absolute Gasteiger partial charge is 0.237 e. The maximum atomic E-state index is 12.8. The average molecular weight is 434 g/mol. The Hall–Kier alpha value is -3.26. The molecule has 0 saturated heterocycles. The summed E-state index contributed by atoms with van der Waals surface area (Å²) in [6.07, 6.45) is 4.20. The van der Waals surface area contributed by atoms with Crippen molar-refractivity contribution in [1.29, 1.82) is 0 Å². The molecule has 0 radical (unpaired) electrons. The molecule has 8 heteroatoms. The summed E-state index contributed by atoms with van der Waals surface area (Å²) in [5.74, 6) is 1.53. The molecule has 1 atom stereocenters. The van der Waals surface area contributed by atoms with Crippen molar-refractivity contribution in [3.63, 3.8) is 0 Å². The molecule has 1 aliphatic carbocycles. The first kappa shape index (κ1) is 19.7. The molecule has 1 fully saturated rings. The largest absolute Gasteiger partial charge is 0.497 e. The van der Waals surface area contributed by atoms with E-state index in [9.17, 15) is 4.79 Å². The minimum Gasteiger partial charge on any atom is -0.497 e. The quantitative estimate of drug-likeness (QED) is 0.406. The number of H-pyrrole nitrogens is 1. The van der Waals surface area contributed by atoms with E-state index in [-0.39, 0.29) is 11.2 Å². The van der Waals surface area contributed by atoms with Gasteiger partial charge in [-0.2, -0.15) is 0 Å². The number of carbonyl (C=O) groups is 1. The molecule has 2 N–H and O–H groups in total. The molecular weight excluding hydrogens is 410 g/mol. The van der Waals surface area contributed by atoms with Gasteiger partial charge < -0.3 is 15.0 Å². The van der Waals surface area contributed by atoms with Gasteiger partial charge in [-0.25, -0.2) is 0 Å². The van der Waals surface area contributed by atoms with E-state index in [1.165, 1.54) is 11.8 Å². The first-order chi connectivity index (χ1) is 15.1. The molecule has 5 rings (SSSR count). The number of benzene rings is 2. The van der Waals surface area contributed by atoms with Crippen LogP contribution in [-0.2, 0) is 4.79 Å². The van der Waals surface area contributed by atoms with E-state index in [0.29, 0.717) is 6.04 Å². The zero-order chi connectivity index (χ0) is 21.4. The molecule has 2 heterocycles. The zero-order valence-corrected chi connectivity index (χ0v) is 18.1. The molecule has 31 heavy (non-hydrogen) atoms. The van der Waals surface area contributed by atoms with Crippen LogP contribution in [0.1, 0.15) is 25.8 Å². The molecule has 158 valence electrons. The van der Waals surface area contributed by atoms with Crippen LogP contribution in [0.4, 0.5) is 5.69 Å². The molecule has 1 amide bonds. The molecule has 2 aromatic carbocycles. The number of carbonyl (C=O) groups excluding carboxylic acids is 1. The molecule has 1 unspecified atom stereocenters. The number of methoxy groups -OCH3 is 1. The zero-order valence-electron chi connectivity index (χ0n) is 17.3. The Balaban J connectivity index is 1.37. The molecule has 1 aliphatic rings. The van der Waals surface area contributed by atoms with Crippen molar-refractivity contribution in [1.82, 2.24) is 19.7 Å². The fraction of sp³-hybridized carbons (Fsp3) is 0.261. The van der Waals surface area contributed by atoms with E-state index in [1.807, 2.05) is 49.5 Å². The maximum absolute atomic E-state index is 12.8. The SMILES string of the molecule is COc1ccc(NC(=O)C(C)Sc2nnc(-c3c[nH]c4ccccc34)n2C2CC2)cc1. The summed E-state index contributed by atoms with van der Waals surface area (Å²) in [6, 6.07) is 15.9. The van der Waals surface area contributed by atoms with Gasteiger partial charge in [0.1, 0.15) is 5.75 Å². The van der Waals surface area contributed by atoms with Crippen molar-refractivity contribution in [3.05, 3.63) is 54.7 Å². The average Bonchev–Trinajstić information content (AvgIpc) is 3.41. The van der Waals surface area contributed by atoms with Crippen molar-refractivity contribution in [2.75, 3.05) is 12.4 Å². The second-order valence-electron chi connectivity index (χ2n) is 7.63. The van der Waals surface area contributed by atoms with Crippen LogP contribution in [0.5, 0.6) is 5.75 Å². The number of rotatable bonds is 7. The van der Waals surface area contributed by atoms with Gasteiger partial charge in [-0.05, 0) is 50.1 Å². The minimum atomic E-state index is -0.320. The molecule has 0 bridgehead atoms. The Morgan fingerprint density at radius 2 is 1.97 bits per heavy atom. The normalized spacial score (nSPS) is 14.5. The van der Waals surface area contributed by atoms with Crippen LogP contribution in [0, 0.1) is 0 Å². The Bertz CT molecular complexity index is 1230. The standard InChI is InChI=1S/C23H23N5O2S/c1-14(22(29)25-15-7-11-17(30-2)12-8-15)31-23-27-26-21(28(23)16-9-10-16)19-13-24-20-6-4-3-5-18(19)20/h3-8,11-14,16,24H,9-10H2,1-2H3,(H,25,29). The molecular formula is C23H23N5O2S. The van der Waals surface area contributed by atoms with Gasteiger partial charge in [0, 0.05) is 34.4 Å². The van der Waals surface area contributed by atoms with Gasteiger partial charge in [0.25, 0.3) is 0 Å². The molecule has 7 nitrogen and oxygen atoms in total. The third-order valence-corrected chi connectivity index (χ3v) is 6.47. The predicted octanol–water partition coefficient (Wildman–Crippen LogP) is 4.89. The Morgan fingerprint density at radius 3 is 2.71 bits per heavy atom. The lowest BCUT2D eigenvalue weighted by Crippen LogP contribution is -2.22. The highest BCUT2D eigenvalue weighted by Gasteiger charge is 2.32. The van der Waals surface area contributed by atoms with Crippen molar-refractivity contribution in [3.8, 4) is 17.1 Å². The Morgan fingerprint density at radius 1 is 1.19 bits per heavy atom. The topological polar surface area (TPSA) is 84.8 Å². The highest BCUT2D eigenvalue weighted by Crippen LogP contribution is 2.42. The van der Waals surface area contributed by atoms with Gasteiger partial charge in [-0.15, -0.1) is 10.2 Å². The van der Waals surface area contributed by atoms with Crippen molar-refractivity contribution >= 4 is 34.3 Å². The Kier molecular flexibility index (Phi) is 5.15. The summed E-state index contributed by atoms with van der Waals surface area (Å²) < 4.78 is 7.36. The number of hydrogen-bond donors (Lipinski definition) is 2. The van der Waals surface area contributed by atoms with E-state index < -0.39 is 0 Å². The van der Waals surface area contributed by atoms with Crippen LogP contribution in [0.2, 0.25) is 0 Å². The molecule has 2 aromatic heterocycles. The van der Waals surface area contributed by atoms with Crippen LogP contribution in [0.3, 0.4) is 0 Å². The number of fused-ring (bicyclic) bond motifs is 1. The van der Waals surface area contributed by atoms with Crippen LogP contribution < -0.4 is 10.1 Å². The van der Waals surface area contributed by atoms with E-state index in [1.54, 1.807) is 7.11 Å². The lowest BCUT2D eigenvalue weighted by Gasteiger charge is -2.13. The van der Waals surface area contributed by atoms with E-state index in [2.05, 4.69) is 37.2 Å². The van der Waals surface area contributed by atoms with Gasteiger partial charge >= 0.3 is 0 Å². The number of anilines is 1. The monoisotopic (exact) mass is 433 g/mol. The minimum absolute atomic E-state index is 0.0749. The maximum Gasteiger partial charge on any atom is 0.237 e. The van der Waals surface area contributed by atoms with Crippen molar-refractivity contribution in [2.24, 2.45) is 0 Å². The fourth-order valence-electron chi connectivity index (χ4n) is 3.59. The second-order valence-corrected chi connectivity index (χ2v) is 8.94. The Labute approximate surface area is 184 Å². The summed E-state index contributed by atoms with van der Waals surface area (Å²) in [4.78, 5) is 16.1. The highest BCUT2D eigenvalue weighted by atomic mass is 32.2. The molecule has 4 aromatic rings. The first-order valence-electron chi connectivity index (χ1n) is 10.3. The molecule has 1 saturated carbocycles. The number of aromatic amines is 1. The molecule has 0 spiro atoms. The summed E-state index contributed by atoms with van der Waals surface area (Å²) in [7, 11) is 1.62. The summed E-state index contributed by atoms with van der Waals surface area (Å²) in [6.45, 7) is 1.89. The number of amides is 1. The van der Waals surface area contributed by atoms with Gasteiger partial charge in [0.15, 0.2) is 11.0 Å². The lowest BCUT2D eigenvalue weighted by atomic mass is 10.1. The number of para-hydroxylation sites is 1. The number of aromatic nitrogens is 4. The third-order valence-electron chi connectivity index (χ3n) is 5.42.